The van der Waals surface area contributed by atoms with Crippen LogP contribution in [-0.4, -0.2) is 42.9 Å². The molecule has 0 aliphatic carbocycles. The highest BCUT2D eigenvalue weighted by molar-refractivity contribution is 6.32. The minimum atomic E-state index is 0.286. The van der Waals surface area contributed by atoms with E-state index in [2.05, 4.69) is 4.90 Å². The molecule has 1 atom stereocenters. The van der Waals surface area contributed by atoms with Crippen LogP contribution in [0.1, 0.15) is 24.8 Å². The Morgan fingerprint density at radius 2 is 2.14 bits per heavy atom. The fourth-order valence-electron chi connectivity index (χ4n) is 3.11. The second-order valence-electron chi connectivity index (χ2n) is 5.86. The molecule has 2 aliphatic rings. The van der Waals surface area contributed by atoms with Gasteiger partial charge in [0, 0.05) is 26.1 Å². The number of benzene rings is 1. The molecule has 2 heterocycles. The average molecular weight is 312 g/mol. The highest BCUT2D eigenvalue weighted by Gasteiger charge is 2.23. The van der Waals surface area contributed by atoms with Crippen molar-refractivity contribution < 1.29 is 14.6 Å². The summed E-state index contributed by atoms with van der Waals surface area (Å²) in [5.41, 5.74) is 1.16. The Morgan fingerprint density at radius 1 is 1.29 bits per heavy atom. The summed E-state index contributed by atoms with van der Waals surface area (Å²) >= 11 is 6.33. The van der Waals surface area contributed by atoms with Crippen LogP contribution in [0.2, 0.25) is 5.02 Å². The molecule has 0 radical (unpaired) electrons. The molecule has 0 bridgehead atoms. The number of hydrogen-bond donors (Lipinski definition) is 1. The van der Waals surface area contributed by atoms with Crippen molar-refractivity contribution in [2.75, 3.05) is 32.9 Å². The van der Waals surface area contributed by atoms with E-state index in [1.165, 1.54) is 6.42 Å². The lowest BCUT2D eigenvalue weighted by atomic mass is 10.1. The molecule has 2 aliphatic heterocycles. The molecule has 5 heteroatoms. The van der Waals surface area contributed by atoms with E-state index in [0.717, 1.165) is 43.8 Å². The highest BCUT2D eigenvalue weighted by atomic mass is 35.5. The number of hydrogen-bond acceptors (Lipinski definition) is 4. The van der Waals surface area contributed by atoms with Crippen molar-refractivity contribution in [1.29, 1.82) is 0 Å². The number of nitrogens with zero attached hydrogens (tertiary/aromatic N) is 1. The van der Waals surface area contributed by atoms with Crippen LogP contribution in [0.4, 0.5) is 0 Å². The Labute approximate surface area is 130 Å². The third-order valence-electron chi connectivity index (χ3n) is 4.18. The molecule has 4 nitrogen and oxygen atoms in total. The van der Waals surface area contributed by atoms with Gasteiger partial charge in [0.1, 0.15) is 0 Å². The number of halogens is 1. The highest BCUT2D eigenvalue weighted by Crippen LogP contribution is 2.38. The topological polar surface area (TPSA) is 41.9 Å². The van der Waals surface area contributed by atoms with Gasteiger partial charge in [0.25, 0.3) is 0 Å². The number of likely N-dealkylation sites (tertiary alicyclic amines) is 1. The van der Waals surface area contributed by atoms with Crippen LogP contribution in [-0.2, 0) is 6.54 Å². The first-order valence-corrected chi connectivity index (χ1v) is 8.05. The van der Waals surface area contributed by atoms with Crippen LogP contribution in [0, 0.1) is 5.92 Å². The van der Waals surface area contributed by atoms with Gasteiger partial charge in [-0.3, -0.25) is 4.90 Å². The Hall–Kier alpha value is -0.970. The smallest absolute Gasteiger partial charge is 0.179 e. The van der Waals surface area contributed by atoms with Crippen molar-refractivity contribution in [1.82, 2.24) is 4.90 Å². The first-order valence-electron chi connectivity index (χ1n) is 7.67. The zero-order valence-electron chi connectivity index (χ0n) is 12.2. The first kappa shape index (κ1) is 14.9. The van der Waals surface area contributed by atoms with Crippen LogP contribution >= 0.6 is 11.6 Å². The number of rotatable bonds is 4. The van der Waals surface area contributed by atoms with Crippen molar-refractivity contribution in [2.24, 2.45) is 5.92 Å². The van der Waals surface area contributed by atoms with Gasteiger partial charge in [-0.05, 0) is 43.0 Å². The summed E-state index contributed by atoms with van der Waals surface area (Å²) < 4.78 is 11.4. The Kier molecular flexibility index (Phi) is 4.88. The van der Waals surface area contributed by atoms with Crippen molar-refractivity contribution in [2.45, 2.75) is 25.8 Å². The van der Waals surface area contributed by atoms with Crippen molar-refractivity contribution in [3.8, 4) is 11.5 Å². The van der Waals surface area contributed by atoms with E-state index in [0.29, 0.717) is 29.9 Å². The van der Waals surface area contributed by atoms with Crippen LogP contribution < -0.4 is 9.47 Å². The predicted octanol–water partition coefficient (Wildman–Crippen LogP) is 2.71. The summed E-state index contributed by atoms with van der Waals surface area (Å²) in [5, 5.41) is 9.67. The Morgan fingerprint density at radius 3 is 3.00 bits per heavy atom. The number of aliphatic hydroxyl groups is 1. The van der Waals surface area contributed by atoms with E-state index in [1.54, 1.807) is 0 Å². The quantitative estimate of drug-likeness (QED) is 0.928. The second-order valence-corrected chi connectivity index (χ2v) is 6.26. The van der Waals surface area contributed by atoms with Crippen molar-refractivity contribution >= 4 is 11.6 Å². The number of ether oxygens (including phenoxy) is 2. The molecule has 1 saturated heterocycles. The normalized spacial score (nSPS) is 22.3. The van der Waals surface area contributed by atoms with E-state index in [9.17, 15) is 0 Å². The molecule has 0 spiro atoms. The molecule has 1 fully saturated rings. The van der Waals surface area contributed by atoms with Crippen molar-refractivity contribution in [3.05, 3.63) is 22.7 Å². The zero-order chi connectivity index (χ0) is 14.7. The van der Waals surface area contributed by atoms with Gasteiger partial charge >= 0.3 is 0 Å². The second kappa shape index (κ2) is 6.86. The van der Waals surface area contributed by atoms with E-state index in [1.807, 2.05) is 12.1 Å². The largest absolute Gasteiger partial charge is 0.489 e. The van der Waals surface area contributed by atoms with Gasteiger partial charge in [0.15, 0.2) is 11.5 Å². The first-order chi connectivity index (χ1) is 10.3. The summed E-state index contributed by atoms with van der Waals surface area (Å²) in [6, 6.07) is 4.03. The number of aliphatic hydroxyl groups excluding tert-OH is 1. The maximum absolute atomic E-state index is 9.03. The molecule has 0 amide bonds. The number of fused-ring (bicyclic) bond motifs is 1. The lowest BCUT2D eigenvalue weighted by molar-refractivity contribution is 0.249. The molecule has 1 aromatic carbocycles. The van der Waals surface area contributed by atoms with E-state index in [-0.39, 0.29) is 6.61 Å². The minimum Gasteiger partial charge on any atom is -0.489 e. The van der Waals surface area contributed by atoms with Crippen LogP contribution in [0.3, 0.4) is 0 Å². The molecular weight excluding hydrogens is 290 g/mol. The van der Waals surface area contributed by atoms with Crippen LogP contribution in [0.15, 0.2) is 12.1 Å². The molecule has 116 valence electrons. The molecule has 1 aromatic rings. The maximum atomic E-state index is 9.03. The van der Waals surface area contributed by atoms with Gasteiger partial charge in [-0.2, -0.15) is 0 Å². The summed E-state index contributed by atoms with van der Waals surface area (Å²) in [5.74, 6) is 2.06. The maximum Gasteiger partial charge on any atom is 0.179 e. The molecule has 1 N–H and O–H groups in total. The van der Waals surface area contributed by atoms with Gasteiger partial charge in [0.05, 0.1) is 18.2 Å². The molecule has 0 aromatic heterocycles. The monoisotopic (exact) mass is 311 g/mol. The van der Waals surface area contributed by atoms with Gasteiger partial charge in [0.2, 0.25) is 0 Å². The third kappa shape index (κ3) is 3.62. The molecule has 21 heavy (non-hydrogen) atoms. The van der Waals surface area contributed by atoms with E-state index >= 15 is 0 Å². The zero-order valence-corrected chi connectivity index (χ0v) is 12.9. The van der Waals surface area contributed by atoms with Gasteiger partial charge < -0.3 is 14.6 Å². The van der Waals surface area contributed by atoms with Gasteiger partial charge in [-0.25, -0.2) is 0 Å². The Bertz CT molecular complexity index is 495. The summed E-state index contributed by atoms with van der Waals surface area (Å²) in [4.78, 5) is 2.41. The summed E-state index contributed by atoms with van der Waals surface area (Å²) in [7, 11) is 0. The SMILES string of the molecule is OCCC1CCN(Cc2cc(Cl)c3c(c2)OCCCO3)C1. The van der Waals surface area contributed by atoms with Gasteiger partial charge in [-0.1, -0.05) is 11.6 Å². The van der Waals surface area contributed by atoms with Crippen LogP contribution in [0.5, 0.6) is 11.5 Å². The minimum absolute atomic E-state index is 0.286. The third-order valence-corrected chi connectivity index (χ3v) is 4.46. The lowest BCUT2D eigenvalue weighted by Gasteiger charge is -2.18. The standard InChI is InChI=1S/C16H22ClNO3/c17-14-8-13(9-15-16(14)21-7-1-6-20-15)11-18-4-2-12(10-18)3-5-19/h8-9,12,19H,1-7,10-11H2. The predicted molar refractivity (Wildman–Crippen MR) is 82.1 cm³/mol. The molecule has 1 unspecified atom stereocenters. The summed E-state index contributed by atoms with van der Waals surface area (Å²) in [6.07, 6.45) is 2.95. The van der Waals surface area contributed by atoms with Gasteiger partial charge in [-0.15, -0.1) is 0 Å². The fraction of sp³-hybridized carbons (Fsp3) is 0.625. The molecule has 3 rings (SSSR count). The fourth-order valence-corrected chi connectivity index (χ4v) is 3.40. The molecular formula is C16H22ClNO3. The summed E-state index contributed by atoms with van der Waals surface area (Å²) in [6.45, 7) is 4.62. The van der Waals surface area contributed by atoms with E-state index in [4.69, 9.17) is 26.2 Å². The van der Waals surface area contributed by atoms with Crippen molar-refractivity contribution in [3.63, 3.8) is 0 Å². The Balaban J connectivity index is 1.69. The molecule has 0 saturated carbocycles. The average Bonchev–Trinajstić information content (AvgIpc) is 2.74. The van der Waals surface area contributed by atoms with Crippen LogP contribution in [0.25, 0.3) is 0 Å². The lowest BCUT2D eigenvalue weighted by Crippen LogP contribution is -2.20. The van der Waals surface area contributed by atoms with E-state index < -0.39 is 0 Å².